The third kappa shape index (κ3) is 4.76. The first-order valence-electron chi connectivity index (χ1n) is 6.94. The molecule has 22 heavy (non-hydrogen) atoms. The van der Waals surface area contributed by atoms with Crippen molar-refractivity contribution in [3.8, 4) is 0 Å². The number of urea groups is 1. The third-order valence-electron chi connectivity index (χ3n) is 3.34. The summed E-state index contributed by atoms with van der Waals surface area (Å²) in [6.07, 6.45) is 0.695. The van der Waals surface area contributed by atoms with Gasteiger partial charge in [0.2, 0.25) is 5.91 Å². The Bertz CT molecular complexity index is 559. The second-order valence-corrected chi connectivity index (χ2v) is 4.93. The fourth-order valence-corrected chi connectivity index (χ4v) is 1.92. The summed E-state index contributed by atoms with van der Waals surface area (Å²) in [5.41, 5.74) is 5.87. The van der Waals surface area contributed by atoms with Crippen LogP contribution < -0.4 is 16.4 Å². The molecule has 1 rings (SSSR count). The lowest BCUT2D eigenvalue weighted by Crippen LogP contribution is -2.49. The van der Waals surface area contributed by atoms with Crippen molar-refractivity contribution in [3.05, 3.63) is 29.8 Å². The predicted molar refractivity (Wildman–Crippen MR) is 82.4 cm³/mol. The molecule has 1 aromatic rings. The van der Waals surface area contributed by atoms with Crippen molar-refractivity contribution in [1.82, 2.24) is 5.32 Å². The monoisotopic (exact) mass is 307 g/mol. The number of anilines is 1. The Morgan fingerprint density at radius 1 is 1.32 bits per heavy atom. The Hall–Kier alpha value is -2.57. The van der Waals surface area contributed by atoms with Gasteiger partial charge in [-0.3, -0.25) is 4.79 Å². The molecule has 7 nitrogen and oxygen atoms in total. The highest BCUT2D eigenvalue weighted by molar-refractivity contribution is 5.98. The van der Waals surface area contributed by atoms with E-state index in [-0.39, 0.29) is 5.92 Å². The topological polar surface area (TPSA) is 111 Å². The van der Waals surface area contributed by atoms with E-state index in [1.807, 2.05) is 13.8 Å². The van der Waals surface area contributed by atoms with E-state index in [4.69, 9.17) is 5.73 Å². The number of carbonyl (C=O) groups excluding carboxylic acids is 3. The minimum Gasteiger partial charge on any atom is -0.465 e. The van der Waals surface area contributed by atoms with E-state index >= 15 is 0 Å². The van der Waals surface area contributed by atoms with Gasteiger partial charge in [-0.1, -0.05) is 26.3 Å². The standard InChI is InChI=1S/C15H21N3O4/c1-4-9(2)12(18-15(16)21)13(19)17-11-7-5-6-10(8-11)14(20)22-3/h5-9,12H,4H2,1-3H3,(H,17,19)(H3,16,18,21). The van der Waals surface area contributed by atoms with Crippen LogP contribution in [0.5, 0.6) is 0 Å². The molecule has 0 fully saturated rings. The molecule has 0 radical (unpaired) electrons. The molecular weight excluding hydrogens is 286 g/mol. The van der Waals surface area contributed by atoms with Gasteiger partial charge in [0, 0.05) is 5.69 Å². The number of nitrogens with two attached hydrogens (primary N) is 1. The van der Waals surface area contributed by atoms with Gasteiger partial charge >= 0.3 is 12.0 Å². The fraction of sp³-hybridized carbons (Fsp3) is 0.400. The molecule has 0 aliphatic heterocycles. The first-order chi connectivity index (χ1) is 10.4. The van der Waals surface area contributed by atoms with Crippen LogP contribution in [0, 0.1) is 5.92 Å². The van der Waals surface area contributed by atoms with Crippen molar-refractivity contribution in [2.75, 3.05) is 12.4 Å². The predicted octanol–water partition coefficient (Wildman–Crippen LogP) is 1.49. The van der Waals surface area contributed by atoms with Crippen LogP contribution in [-0.4, -0.2) is 31.1 Å². The maximum atomic E-state index is 12.3. The van der Waals surface area contributed by atoms with Gasteiger partial charge in [0.1, 0.15) is 6.04 Å². The molecule has 1 aromatic carbocycles. The Labute approximate surface area is 129 Å². The van der Waals surface area contributed by atoms with Gasteiger partial charge in [0.25, 0.3) is 0 Å². The summed E-state index contributed by atoms with van der Waals surface area (Å²) >= 11 is 0. The molecule has 4 N–H and O–H groups in total. The normalized spacial score (nSPS) is 12.9. The number of methoxy groups -OCH3 is 1. The summed E-state index contributed by atoms with van der Waals surface area (Å²) in [6.45, 7) is 3.75. The molecule has 3 amide bonds. The molecule has 0 aliphatic rings. The van der Waals surface area contributed by atoms with Crippen LogP contribution in [0.3, 0.4) is 0 Å². The summed E-state index contributed by atoms with van der Waals surface area (Å²) in [5, 5.41) is 5.10. The van der Waals surface area contributed by atoms with Gasteiger partial charge in [-0.25, -0.2) is 9.59 Å². The minimum atomic E-state index is -0.760. The van der Waals surface area contributed by atoms with E-state index in [1.165, 1.54) is 13.2 Å². The second kappa shape index (κ2) is 8.02. The lowest BCUT2D eigenvalue weighted by atomic mass is 9.98. The number of carbonyl (C=O) groups is 3. The van der Waals surface area contributed by atoms with E-state index in [0.29, 0.717) is 17.7 Å². The molecule has 120 valence electrons. The first-order valence-corrected chi connectivity index (χ1v) is 6.94. The molecule has 0 heterocycles. The highest BCUT2D eigenvalue weighted by Crippen LogP contribution is 2.14. The van der Waals surface area contributed by atoms with Crippen molar-refractivity contribution in [3.63, 3.8) is 0 Å². The van der Waals surface area contributed by atoms with E-state index < -0.39 is 23.9 Å². The molecule has 2 unspecified atom stereocenters. The number of hydrogen-bond acceptors (Lipinski definition) is 4. The summed E-state index contributed by atoms with van der Waals surface area (Å²) in [6, 6.07) is 4.84. The molecular formula is C15H21N3O4. The number of benzene rings is 1. The summed E-state index contributed by atoms with van der Waals surface area (Å²) in [5.74, 6) is -0.976. The Kier molecular flexibility index (Phi) is 6.37. The van der Waals surface area contributed by atoms with Crippen LogP contribution in [-0.2, 0) is 9.53 Å². The van der Waals surface area contributed by atoms with Gasteiger partial charge in [-0.15, -0.1) is 0 Å². The van der Waals surface area contributed by atoms with E-state index in [1.54, 1.807) is 18.2 Å². The fourth-order valence-electron chi connectivity index (χ4n) is 1.92. The van der Waals surface area contributed by atoms with Crippen LogP contribution in [0.15, 0.2) is 24.3 Å². The molecule has 0 spiro atoms. The number of rotatable bonds is 6. The van der Waals surface area contributed by atoms with Gasteiger partial charge in [0.15, 0.2) is 0 Å². The number of esters is 1. The summed E-state index contributed by atoms with van der Waals surface area (Å²) in [4.78, 5) is 34.8. The minimum absolute atomic E-state index is 0.0868. The van der Waals surface area contributed by atoms with Crippen molar-refractivity contribution in [2.24, 2.45) is 11.7 Å². The quantitative estimate of drug-likeness (QED) is 0.691. The number of primary amides is 1. The SMILES string of the molecule is CCC(C)C(NC(N)=O)C(=O)Nc1cccc(C(=O)OC)c1. The van der Waals surface area contributed by atoms with Crippen LogP contribution >= 0.6 is 0 Å². The number of hydrogen-bond donors (Lipinski definition) is 3. The summed E-state index contributed by atoms with van der Waals surface area (Å²) < 4.78 is 4.63. The smallest absolute Gasteiger partial charge is 0.337 e. The van der Waals surface area contributed by atoms with Crippen LogP contribution in [0.25, 0.3) is 0 Å². The van der Waals surface area contributed by atoms with Crippen molar-refractivity contribution in [1.29, 1.82) is 0 Å². The van der Waals surface area contributed by atoms with E-state index in [2.05, 4.69) is 15.4 Å². The maximum Gasteiger partial charge on any atom is 0.337 e. The van der Waals surface area contributed by atoms with Crippen LogP contribution in [0.4, 0.5) is 10.5 Å². The Balaban J connectivity index is 2.89. The molecule has 2 atom stereocenters. The summed E-state index contributed by atoms with van der Waals surface area (Å²) in [7, 11) is 1.28. The number of nitrogens with one attached hydrogen (secondary N) is 2. The van der Waals surface area contributed by atoms with E-state index in [9.17, 15) is 14.4 Å². The number of ether oxygens (including phenoxy) is 1. The van der Waals surface area contributed by atoms with Crippen molar-refractivity contribution >= 4 is 23.6 Å². The average Bonchev–Trinajstić information content (AvgIpc) is 2.51. The van der Waals surface area contributed by atoms with Crippen molar-refractivity contribution in [2.45, 2.75) is 26.3 Å². The largest absolute Gasteiger partial charge is 0.465 e. The van der Waals surface area contributed by atoms with Gasteiger partial charge in [-0.05, 0) is 24.1 Å². The van der Waals surface area contributed by atoms with Crippen LogP contribution in [0.1, 0.15) is 30.6 Å². The zero-order valence-corrected chi connectivity index (χ0v) is 12.9. The average molecular weight is 307 g/mol. The second-order valence-electron chi connectivity index (χ2n) is 4.93. The van der Waals surface area contributed by atoms with Gasteiger partial charge in [-0.2, -0.15) is 0 Å². The first kappa shape index (κ1) is 17.5. The van der Waals surface area contributed by atoms with Gasteiger partial charge in [0.05, 0.1) is 12.7 Å². The lowest BCUT2D eigenvalue weighted by Gasteiger charge is -2.22. The molecule has 0 aromatic heterocycles. The lowest BCUT2D eigenvalue weighted by molar-refractivity contribution is -0.119. The van der Waals surface area contributed by atoms with Crippen LogP contribution in [0.2, 0.25) is 0 Å². The zero-order valence-electron chi connectivity index (χ0n) is 12.9. The number of amides is 3. The Morgan fingerprint density at radius 2 is 2.00 bits per heavy atom. The van der Waals surface area contributed by atoms with E-state index in [0.717, 1.165) is 0 Å². The zero-order chi connectivity index (χ0) is 16.7. The highest BCUT2D eigenvalue weighted by Gasteiger charge is 2.25. The van der Waals surface area contributed by atoms with Gasteiger partial charge < -0.3 is 21.1 Å². The molecule has 0 aliphatic carbocycles. The van der Waals surface area contributed by atoms with Crippen molar-refractivity contribution < 1.29 is 19.1 Å². The highest BCUT2D eigenvalue weighted by atomic mass is 16.5. The Morgan fingerprint density at radius 3 is 2.55 bits per heavy atom. The third-order valence-corrected chi connectivity index (χ3v) is 3.34. The molecule has 0 saturated carbocycles. The molecule has 0 saturated heterocycles. The molecule has 0 bridgehead atoms. The molecule has 7 heteroatoms. The maximum absolute atomic E-state index is 12.3.